The molecule has 0 aromatic rings. The largest absolute Gasteiger partial charge is 0.324 e. The molecule has 0 aliphatic carbocycles. The maximum atomic E-state index is 12.5. The van der Waals surface area contributed by atoms with Crippen molar-refractivity contribution < 1.29 is 4.79 Å². The molecule has 4 heteroatoms. The molecular weight excluding hydrogens is 238 g/mol. The Morgan fingerprint density at radius 3 is 2.68 bits per heavy atom. The van der Waals surface area contributed by atoms with E-state index in [9.17, 15) is 4.79 Å². The quantitative estimate of drug-likeness (QED) is 0.841. The number of hydrogen-bond donors (Lipinski definition) is 1. The molecule has 110 valence electrons. The molecule has 2 fully saturated rings. The molecule has 0 aromatic heterocycles. The molecule has 1 N–H and O–H groups in total. The molecule has 2 saturated heterocycles. The number of likely N-dealkylation sites (N-methyl/N-ethyl adjacent to an activating group) is 1. The predicted molar refractivity (Wildman–Crippen MR) is 77.8 cm³/mol. The molecule has 0 saturated carbocycles. The average molecular weight is 267 g/mol. The number of rotatable bonds is 4. The minimum Gasteiger partial charge on any atom is -0.324 e. The molecule has 0 radical (unpaired) electrons. The molecule has 0 spiro atoms. The summed E-state index contributed by atoms with van der Waals surface area (Å²) < 4.78 is 0. The lowest BCUT2D eigenvalue weighted by atomic mass is 10.0. The molecule has 1 amide bonds. The minimum atomic E-state index is 0.0128. The molecule has 19 heavy (non-hydrogen) atoms. The van der Waals surface area contributed by atoms with Crippen LogP contribution < -0.4 is 5.32 Å². The minimum absolute atomic E-state index is 0.0128. The average Bonchev–Trinajstić information content (AvgIpc) is 2.69. The van der Waals surface area contributed by atoms with E-state index < -0.39 is 0 Å². The Labute approximate surface area is 117 Å². The predicted octanol–water partition coefficient (Wildman–Crippen LogP) is 1.66. The number of amides is 1. The van der Waals surface area contributed by atoms with Crippen molar-refractivity contribution in [3.05, 3.63) is 0 Å². The van der Waals surface area contributed by atoms with Crippen LogP contribution in [-0.2, 0) is 4.79 Å². The number of hydrogen-bond acceptors (Lipinski definition) is 3. The van der Waals surface area contributed by atoms with Gasteiger partial charge in [-0.25, -0.2) is 0 Å². The van der Waals surface area contributed by atoms with Crippen molar-refractivity contribution in [2.24, 2.45) is 5.92 Å². The van der Waals surface area contributed by atoms with Crippen LogP contribution in [0.15, 0.2) is 0 Å². The molecule has 2 aliphatic rings. The van der Waals surface area contributed by atoms with Crippen LogP contribution in [0.2, 0.25) is 0 Å². The molecule has 0 aromatic carbocycles. The molecule has 2 heterocycles. The number of piperidine rings is 1. The lowest BCUT2D eigenvalue weighted by molar-refractivity contribution is -0.131. The first-order valence-corrected chi connectivity index (χ1v) is 7.81. The Kier molecular flexibility index (Phi) is 4.85. The fourth-order valence-corrected chi connectivity index (χ4v) is 3.34. The van der Waals surface area contributed by atoms with Gasteiger partial charge in [-0.1, -0.05) is 27.2 Å². The van der Waals surface area contributed by atoms with E-state index in [1.54, 1.807) is 0 Å². The number of likely N-dealkylation sites (tertiary alicyclic amines) is 1. The zero-order valence-corrected chi connectivity index (χ0v) is 12.9. The molecular formula is C15H29N3O. The van der Waals surface area contributed by atoms with Crippen molar-refractivity contribution >= 4 is 5.91 Å². The van der Waals surface area contributed by atoms with Gasteiger partial charge < -0.3 is 9.80 Å². The van der Waals surface area contributed by atoms with Gasteiger partial charge in [0, 0.05) is 12.6 Å². The Bertz CT molecular complexity index is 319. The summed E-state index contributed by atoms with van der Waals surface area (Å²) in [5.74, 6) is 0.677. The van der Waals surface area contributed by atoms with E-state index in [1.807, 2.05) is 0 Å². The zero-order chi connectivity index (χ0) is 14.0. The van der Waals surface area contributed by atoms with Gasteiger partial charge in [0.05, 0.1) is 12.2 Å². The topological polar surface area (TPSA) is 35.6 Å². The Balaban J connectivity index is 2.02. The first-order valence-electron chi connectivity index (χ1n) is 7.81. The summed E-state index contributed by atoms with van der Waals surface area (Å²) in [6.45, 7) is 8.47. The van der Waals surface area contributed by atoms with Gasteiger partial charge in [0.25, 0.3) is 0 Å². The van der Waals surface area contributed by atoms with Gasteiger partial charge in [-0.3, -0.25) is 10.1 Å². The third-order valence-corrected chi connectivity index (χ3v) is 4.68. The highest BCUT2D eigenvalue weighted by Crippen LogP contribution is 2.22. The lowest BCUT2D eigenvalue weighted by Crippen LogP contribution is -2.48. The van der Waals surface area contributed by atoms with E-state index in [0.717, 1.165) is 13.0 Å². The summed E-state index contributed by atoms with van der Waals surface area (Å²) in [5, 5.41) is 3.50. The highest BCUT2D eigenvalue weighted by Gasteiger charge is 2.40. The Hall–Kier alpha value is -0.610. The lowest BCUT2D eigenvalue weighted by Gasteiger charge is -2.36. The molecule has 2 rings (SSSR count). The maximum Gasteiger partial charge on any atom is 0.241 e. The van der Waals surface area contributed by atoms with Gasteiger partial charge in [-0.2, -0.15) is 0 Å². The third-order valence-electron chi connectivity index (χ3n) is 4.68. The normalized spacial score (nSPS) is 33.4. The molecule has 3 atom stereocenters. The second-order valence-corrected chi connectivity index (χ2v) is 6.43. The van der Waals surface area contributed by atoms with Crippen molar-refractivity contribution in [3.8, 4) is 0 Å². The van der Waals surface area contributed by atoms with Crippen LogP contribution in [0, 0.1) is 5.92 Å². The van der Waals surface area contributed by atoms with Gasteiger partial charge in [-0.05, 0) is 38.8 Å². The van der Waals surface area contributed by atoms with E-state index >= 15 is 0 Å². The van der Waals surface area contributed by atoms with Crippen molar-refractivity contribution in [2.75, 3.05) is 20.1 Å². The first kappa shape index (κ1) is 14.8. The van der Waals surface area contributed by atoms with Crippen LogP contribution in [0.25, 0.3) is 0 Å². The van der Waals surface area contributed by atoms with Crippen molar-refractivity contribution in [1.82, 2.24) is 15.1 Å². The molecule has 4 nitrogen and oxygen atoms in total. The fourth-order valence-electron chi connectivity index (χ4n) is 3.34. The van der Waals surface area contributed by atoms with Gasteiger partial charge in [-0.15, -0.1) is 0 Å². The number of nitrogens with zero attached hydrogens (tertiary/aromatic N) is 2. The Morgan fingerprint density at radius 1 is 1.37 bits per heavy atom. The summed E-state index contributed by atoms with van der Waals surface area (Å²) in [4.78, 5) is 17.1. The summed E-state index contributed by atoms with van der Waals surface area (Å²) in [6.07, 6.45) is 5.05. The smallest absolute Gasteiger partial charge is 0.241 e. The summed E-state index contributed by atoms with van der Waals surface area (Å²) in [5.41, 5.74) is 0. The SMILES string of the molecule is CCC1NC(C(C)C)C(=O)N1CC1CCCCN1C. The van der Waals surface area contributed by atoms with E-state index in [2.05, 4.69) is 42.9 Å². The molecule has 0 bridgehead atoms. The van der Waals surface area contributed by atoms with Crippen LogP contribution in [-0.4, -0.2) is 54.1 Å². The third kappa shape index (κ3) is 3.11. The fraction of sp³-hybridized carbons (Fsp3) is 0.933. The summed E-state index contributed by atoms with van der Waals surface area (Å²) in [7, 11) is 2.19. The number of nitrogens with one attached hydrogen (secondary N) is 1. The summed E-state index contributed by atoms with van der Waals surface area (Å²) >= 11 is 0. The van der Waals surface area contributed by atoms with E-state index in [0.29, 0.717) is 17.9 Å². The monoisotopic (exact) mass is 267 g/mol. The van der Waals surface area contributed by atoms with E-state index in [1.165, 1.54) is 25.8 Å². The number of carbonyl (C=O) groups is 1. The maximum absolute atomic E-state index is 12.5. The van der Waals surface area contributed by atoms with Crippen molar-refractivity contribution in [2.45, 2.75) is 64.7 Å². The Morgan fingerprint density at radius 2 is 2.11 bits per heavy atom. The van der Waals surface area contributed by atoms with E-state index in [-0.39, 0.29) is 12.2 Å². The van der Waals surface area contributed by atoms with Crippen LogP contribution in [0.1, 0.15) is 46.5 Å². The van der Waals surface area contributed by atoms with Crippen LogP contribution in [0.5, 0.6) is 0 Å². The van der Waals surface area contributed by atoms with Gasteiger partial charge in [0.15, 0.2) is 0 Å². The zero-order valence-electron chi connectivity index (χ0n) is 12.9. The van der Waals surface area contributed by atoms with Crippen LogP contribution in [0.3, 0.4) is 0 Å². The molecule has 3 unspecified atom stereocenters. The molecule has 2 aliphatic heterocycles. The highest BCUT2D eigenvalue weighted by molar-refractivity contribution is 5.84. The second kappa shape index (κ2) is 6.23. The van der Waals surface area contributed by atoms with Gasteiger partial charge in [0.2, 0.25) is 5.91 Å². The van der Waals surface area contributed by atoms with Crippen molar-refractivity contribution in [3.63, 3.8) is 0 Å². The first-order chi connectivity index (χ1) is 9.04. The van der Waals surface area contributed by atoms with Crippen LogP contribution in [0.4, 0.5) is 0 Å². The summed E-state index contributed by atoms with van der Waals surface area (Å²) in [6, 6.07) is 0.554. The highest BCUT2D eigenvalue weighted by atomic mass is 16.2. The standard InChI is InChI=1S/C15H29N3O/c1-5-13-16-14(11(2)3)15(19)18(13)10-12-8-6-7-9-17(12)4/h11-14,16H,5-10H2,1-4H3. The number of carbonyl (C=O) groups excluding carboxylic acids is 1. The van der Waals surface area contributed by atoms with Crippen molar-refractivity contribution in [1.29, 1.82) is 0 Å². The second-order valence-electron chi connectivity index (χ2n) is 6.43. The van der Waals surface area contributed by atoms with E-state index in [4.69, 9.17) is 0 Å². The van der Waals surface area contributed by atoms with Gasteiger partial charge >= 0.3 is 0 Å². The van der Waals surface area contributed by atoms with Crippen LogP contribution >= 0.6 is 0 Å². The van der Waals surface area contributed by atoms with Gasteiger partial charge in [0.1, 0.15) is 0 Å².